The van der Waals surface area contributed by atoms with Crippen LogP contribution in [0, 0.1) is 6.92 Å². The Morgan fingerprint density at radius 3 is 2.92 bits per heavy atom. The summed E-state index contributed by atoms with van der Waals surface area (Å²) in [6.07, 6.45) is 0.827. The van der Waals surface area contributed by atoms with Crippen molar-refractivity contribution in [2.24, 2.45) is 0 Å². The van der Waals surface area contributed by atoms with Crippen molar-refractivity contribution in [1.29, 1.82) is 0 Å². The van der Waals surface area contributed by atoms with Crippen molar-refractivity contribution >= 4 is 26.9 Å². The summed E-state index contributed by atoms with van der Waals surface area (Å²) in [5.41, 5.74) is 1.27. The molecule has 0 bridgehead atoms. The Hall–Kier alpha value is -1.90. The highest BCUT2D eigenvalue weighted by molar-refractivity contribution is 7.88. The molecule has 0 spiro atoms. The Morgan fingerprint density at radius 1 is 1.38 bits per heavy atom. The maximum Gasteiger partial charge on any atom is 0.251 e. The molecule has 3 rings (SSSR count). The Labute approximate surface area is 140 Å². The van der Waals surface area contributed by atoms with E-state index in [9.17, 15) is 13.2 Å². The number of hydrogen-bond acceptors (Lipinski definition) is 5. The Morgan fingerprint density at radius 2 is 2.17 bits per heavy atom. The second-order valence-electron chi connectivity index (χ2n) is 5.93. The van der Waals surface area contributed by atoms with Gasteiger partial charge in [0.05, 0.1) is 19.0 Å². The van der Waals surface area contributed by atoms with E-state index in [1.165, 1.54) is 10.6 Å². The third-order valence-electron chi connectivity index (χ3n) is 3.96. The molecule has 24 heavy (non-hydrogen) atoms. The summed E-state index contributed by atoms with van der Waals surface area (Å²) in [6.45, 7) is 3.04. The lowest BCUT2D eigenvalue weighted by Crippen LogP contribution is -2.49. The number of hydrogen-bond donors (Lipinski definition) is 1. The minimum absolute atomic E-state index is 0.226. The van der Waals surface area contributed by atoms with Gasteiger partial charge in [0.15, 0.2) is 0 Å². The van der Waals surface area contributed by atoms with Gasteiger partial charge in [-0.15, -0.1) is 0 Å². The van der Waals surface area contributed by atoms with Gasteiger partial charge in [0, 0.05) is 30.6 Å². The van der Waals surface area contributed by atoms with Crippen molar-refractivity contribution in [3.8, 4) is 0 Å². The first-order valence-electron chi connectivity index (χ1n) is 7.68. The van der Waals surface area contributed by atoms with Crippen LogP contribution in [0.3, 0.4) is 0 Å². The Balaban J connectivity index is 1.62. The van der Waals surface area contributed by atoms with E-state index in [1.54, 1.807) is 18.2 Å². The minimum atomic E-state index is -3.24. The van der Waals surface area contributed by atoms with E-state index in [2.05, 4.69) is 5.32 Å². The molecule has 1 saturated heterocycles. The third kappa shape index (κ3) is 3.77. The molecule has 0 unspecified atom stereocenters. The zero-order valence-corrected chi connectivity index (χ0v) is 14.4. The van der Waals surface area contributed by atoms with E-state index >= 15 is 0 Å². The number of nitrogens with one attached hydrogen (secondary N) is 1. The van der Waals surface area contributed by atoms with Gasteiger partial charge >= 0.3 is 0 Å². The minimum Gasteiger partial charge on any atom is -0.461 e. The predicted molar refractivity (Wildman–Crippen MR) is 89.4 cm³/mol. The molecule has 130 valence electrons. The van der Waals surface area contributed by atoms with E-state index in [0.717, 1.165) is 16.7 Å². The number of sulfonamides is 1. The molecular formula is C16H20N2O5S. The molecule has 1 amide bonds. The Kier molecular flexibility index (Phi) is 4.62. The van der Waals surface area contributed by atoms with E-state index in [1.807, 2.05) is 13.0 Å². The molecule has 0 saturated carbocycles. The number of rotatable bonds is 4. The van der Waals surface area contributed by atoms with Crippen LogP contribution in [0.25, 0.3) is 11.0 Å². The van der Waals surface area contributed by atoms with Crippen molar-refractivity contribution in [2.75, 3.05) is 32.5 Å². The van der Waals surface area contributed by atoms with E-state index in [0.29, 0.717) is 18.7 Å². The molecule has 1 aromatic heterocycles. The number of carbonyl (C=O) groups is 1. The maximum absolute atomic E-state index is 12.3. The number of carbonyl (C=O) groups excluding carboxylic acids is 1. The molecule has 1 aliphatic heterocycles. The first-order chi connectivity index (χ1) is 11.3. The van der Waals surface area contributed by atoms with Crippen LogP contribution in [0.1, 0.15) is 16.1 Å². The normalized spacial score (nSPS) is 19.5. The molecule has 0 aliphatic carbocycles. The number of furan rings is 1. The van der Waals surface area contributed by atoms with Crippen molar-refractivity contribution in [3.05, 3.63) is 35.6 Å². The lowest BCUT2D eigenvalue weighted by atomic mass is 10.1. The summed E-state index contributed by atoms with van der Waals surface area (Å²) in [5, 5.41) is 3.67. The molecule has 1 N–H and O–H groups in total. The second kappa shape index (κ2) is 6.54. The molecule has 1 fully saturated rings. The maximum atomic E-state index is 12.3. The highest BCUT2D eigenvalue weighted by Gasteiger charge is 2.26. The van der Waals surface area contributed by atoms with E-state index < -0.39 is 10.0 Å². The standard InChI is InChI=1S/C16H20N2O5S/c1-11-7-13-8-12(3-4-15(13)23-11)16(19)17-9-14-10-18(5-6-22-14)24(2,20)21/h3-4,7-8,14H,5-6,9-10H2,1-2H3,(H,17,19)/t14-/m0/s1. The van der Waals surface area contributed by atoms with Gasteiger partial charge in [-0.2, -0.15) is 4.31 Å². The van der Waals surface area contributed by atoms with Gasteiger partial charge in [-0.3, -0.25) is 4.79 Å². The number of aryl methyl sites for hydroxylation is 1. The smallest absolute Gasteiger partial charge is 0.251 e. The van der Waals surface area contributed by atoms with Crippen LogP contribution < -0.4 is 5.32 Å². The Bertz CT molecular complexity index is 858. The number of amides is 1. The van der Waals surface area contributed by atoms with Gasteiger partial charge in [0.1, 0.15) is 11.3 Å². The molecule has 2 heterocycles. The number of fused-ring (bicyclic) bond motifs is 1. The van der Waals surface area contributed by atoms with E-state index in [-0.39, 0.29) is 25.1 Å². The third-order valence-corrected chi connectivity index (χ3v) is 5.23. The van der Waals surface area contributed by atoms with Crippen molar-refractivity contribution < 1.29 is 22.4 Å². The molecule has 1 atom stereocenters. The van der Waals surface area contributed by atoms with Crippen LogP contribution in [0.15, 0.2) is 28.7 Å². The van der Waals surface area contributed by atoms with Crippen LogP contribution in [0.5, 0.6) is 0 Å². The van der Waals surface area contributed by atoms with Crippen LogP contribution in [0.2, 0.25) is 0 Å². The van der Waals surface area contributed by atoms with Crippen molar-refractivity contribution in [2.45, 2.75) is 13.0 Å². The van der Waals surface area contributed by atoms with Gasteiger partial charge in [-0.05, 0) is 31.2 Å². The summed E-state index contributed by atoms with van der Waals surface area (Å²) in [4.78, 5) is 12.3. The molecule has 1 aromatic carbocycles. The van der Waals surface area contributed by atoms with Gasteiger partial charge in [-0.25, -0.2) is 8.42 Å². The largest absolute Gasteiger partial charge is 0.461 e. The molecule has 2 aromatic rings. The SMILES string of the molecule is Cc1cc2cc(C(=O)NC[C@H]3CN(S(C)(=O)=O)CCO3)ccc2o1. The first-order valence-corrected chi connectivity index (χ1v) is 9.53. The fourth-order valence-corrected chi connectivity index (χ4v) is 3.59. The van der Waals surface area contributed by atoms with Crippen LogP contribution in [0.4, 0.5) is 0 Å². The van der Waals surface area contributed by atoms with Gasteiger partial charge in [0.2, 0.25) is 10.0 Å². The second-order valence-corrected chi connectivity index (χ2v) is 7.92. The average molecular weight is 352 g/mol. The molecule has 0 radical (unpaired) electrons. The number of nitrogens with zero attached hydrogens (tertiary/aromatic N) is 1. The first kappa shape index (κ1) is 16.9. The topological polar surface area (TPSA) is 88.9 Å². The molecule has 7 nitrogen and oxygen atoms in total. The van der Waals surface area contributed by atoms with Crippen molar-refractivity contribution in [1.82, 2.24) is 9.62 Å². The van der Waals surface area contributed by atoms with Gasteiger partial charge in [-0.1, -0.05) is 0 Å². The summed E-state index contributed by atoms with van der Waals surface area (Å²) in [6, 6.07) is 7.11. The lowest BCUT2D eigenvalue weighted by molar-refractivity contribution is 0.000439. The number of benzene rings is 1. The highest BCUT2D eigenvalue weighted by Crippen LogP contribution is 2.20. The highest BCUT2D eigenvalue weighted by atomic mass is 32.2. The predicted octanol–water partition coefficient (Wildman–Crippen LogP) is 1.13. The summed E-state index contributed by atoms with van der Waals surface area (Å²) in [7, 11) is -3.24. The van der Waals surface area contributed by atoms with Gasteiger partial charge in [0.25, 0.3) is 5.91 Å². The zero-order valence-electron chi connectivity index (χ0n) is 13.6. The number of ether oxygens (including phenoxy) is 1. The fraction of sp³-hybridized carbons (Fsp3) is 0.438. The number of morpholine rings is 1. The summed E-state index contributed by atoms with van der Waals surface area (Å²) < 4.78 is 35.6. The summed E-state index contributed by atoms with van der Waals surface area (Å²) in [5.74, 6) is 0.565. The lowest BCUT2D eigenvalue weighted by Gasteiger charge is -2.31. The zero-order chi connectivity index (χ0) is 17.3. The fourth-order valence-electron chi connectivity index (χ4n) is 2.74. The van der Waals surface area contributed by atoms with Crippen LogP contribution in [-0.4, -0.2) is 57.2 Å². The molecule has 1 aliphatic rings. The quantitative estimate of drug-likeness (QED) is 0.891. The van der Waals surface area contributed by atoms with Crippen molar-refractivity contribution in [3.63, 3.8) is 0 Å². The van der Waals surface area contributed by atoms with Gasteiger partial charge < -0.3 is 14.5 Å². The summed E-state index contributed by atoms with van der Waals surface area (Å²) >= 11 is 0. The monoisotopic (exact) mass is 352 g/mol. The van der Waals surface area contributed by atoms with E-state index in [4.69, 9.17) is 9.15 Å². The van der Waals surface area contributed by atoms with Crippen LogP contribution in [-0.2, 0) is 14.8 Å². The average Bonchev–Trinajstić information content (AvgIpc) is 2.91. The molecular weight excluding hydrogens is 332 g/mol. The molecule has 8 heteroatoms. The van der Waals surface area contributed by atoms with Crippen LogP contribution >= 0.6 is 0 Å².